The number of carbonyl (C=O) groups excluding carboxylic acids is 1. The van der Waals surface area contributed by atoms with E-state index >= 15 is 0 Å². The largest absolute Gasteiger partial charge is 0.497 e. The first-order chi connectivity index (χ1) is 10.5. The third kappa shape index (κ3) is 6.62. The smallest absolute Gasteiger partial charge is 0.222 e. The quantitative estimate of drug-likeness (QED) is 0.605. The number of rotatable bonds is 9. The fourth-order valence-electron chi connectivity index (χ4n) is 1.96. The van der Waals surface area contributed by atoms with E-state index in [-0.39, 0.29) is 43.9 Å². The molecule has 2 atom stereocenters. The molecule has 23 heavy (non-hydrogen) atoms. The zero-order valence-corrected chi connectivity index (χ0v) is 14.4. The van der Waals surface area contributed by atoms with Gasteiger partial charge in [0.2, 0.25) is 5.91 Å². The maximum atomic E-state index is 11.8. The minimum absolute atomic E-state index is 0. The monoisotopic (exact) mass is 348 g/mol. The van der Waals surface area contributed by atoms with E-state index in [4.69, 9.17) is 19.9 Å². The molecule has 132 valence electrons. The Hall–Kier alpha value is -1.54. The first kappa shape index (κ1) is 21.5. The lowest BCUT2D eigenvalue weighted by molar-refractivity contribution is -0.123. The van der Waals surface area contributed by atoms with Crippen LogP contribution < -0.4 is 20.5 Å². The van der Waals surface area contributed by atoms with E-state index in [2.05, 4.69) is 5.32 Å². The molecule has 1 aromatic rings. The maximum Gasteiger partial charge on any atom is 0.222 e. The molecule has 0 heterocycles. The van der Waals surface area contributed by atoms with Crippen molar-refractivity contribution in [1.82, 2.24) is 5.32 Å². The van der Waals surface area contributed by atoms with Crippen molar-refractivity contribution < 1.29 is 24.1 Å². The molecule has 7 nitrogen and oxygen atoms in total. The van der Waals surface area contributed by atoms with Crippen LogP contribution >= 0.6 is 12.4 Å². The Morgan fingerprint density at radius 3 is 2.52 bits per heavy atom. The van der Waals surface area contributed by atoms with E-state index in [1.54, 1.807) is 18.2 Å². The maximum absolute atomic E-state index is 11.8. The van der Waals surface area contributed by atoms with Crippen molar-refractivity contribution in [2.75, 3.05) is 34.4 Å². The first-order valence-corrected chi connectivity index (χ1v) is 6.95. The number of benzene rings is 1. The van der Waals surface area contributed by atoms with Gasteiger partial charge in [-0.25, -0.2) is 0 Å². The van der Waals surface area contributed by atoms with Gasteiger partial charge < -0.3 is 30.4 Å². The molecule has 0 fully saturated rings. The molecule has 4 N–H and O–H groups in total. The molecule has 1 rings (SSSR count). The summed E-state index contributed by atoms with van der Waals surface area (Å²) in [5.41, 5.74) is 6.01. The summed E-state index contributed by atoms with van der Waals surface area (Å²) in [6, 6.07) is 5.11. The van der Waals surface area contributed by atoms with Crippen LogP contribution in [-0.2, 0) is 9.53 Å². The number of ether oxygens (including phenoxy) is 3. The number of halogens is 1. The predicted octanol–water partition coefficient (Wildman–Crippen LogP) is 0.639. The average molecular weight is 349 g/mol. The second-order valence-corrected chi connectivity index (χ2v) is 4.73. The number of hydrogen-bond acceptors (Lipinski definition) is 6. The van der Waals surface area contributed by atoms with E-state index in [0.717, 1.165) is 0 Å². The lowest BCUT2D eigenvalue weighted by Gasteiger charge is -2.17. The molecular weight excluding hydrogens is 324 g/mol. The number of nitrogens with two attached hydrogens (primary N) is 1. The molecule has 0 aliphatic heterocycles. The van der Waals surface area contributed by atoms with Gasteiger partial charge in [-0.05, 0) is 18.2 Å². The van der Waals surface area contributed by atoms with Gasteiger partial charge in [0, 0.05) is 25.8 Å². The SMILES string of the molecule is COc1ccc(OC)c(C(O)CNC(=O)CC(CN)OC)c1.Cl. The van der Waals surface area contributed by atoms with Crippen molar-refractivity contribution in [3.05, 3.63) is 23.8 Å². The van der Waals surface area contributed by atoms with Crippen LogP contribution in [0.2, 0.25) is 0 Å². The van der Waals surface area contributed by atoms with Crippen LogP contribution in [-0.4, -0.2) is 51.5 Å². The Morgan fingerprint density at radius 1 is 1.30 bits per heavy atom. The van der Waals surface area contributed by atoms with Crippen LogP contribution in [0.15, 0.2) is 18.2 Å². The zero-order chi connectivity index (χ0) is 16.5. The van der Waals surface area contributed by atoms with Gasteiger partial charge in [0.1, 0.15) is 11.5 Å². The summed E-state index contributed by atoms with van der Waals surface area (Å²) < 4.78 is 15.4. The second kappa shape index (κ2) is 11.1. The molecule has 1 aromatic carbocycles. The van der Waals surface area contributed by atoms with Gasteiger partial charge in [-0.15, -0.1) is 12.4 Å². The van der Waals surface area contributed by atoms with Crippen molar-refractivity contribution >= 4 is 18.3 Å². The van der Waals surface area contributed by atoms with Crippen molar-refractivity contribution in [2.45, 2.75) is 18.6 Å². The lowest BCUT2D eigenvalue weighted by atomic mass is 10.1. The number of amides is 1. The molecule has 0 aliphatic carbocycles. The van der Waals surface area contributed by atoms with Gasteiger partial charge in [-0.1, -0.05) is 0 Å². The Bertz CT molecular complexity index is 483. The number of carbonyl (C=O) groups is 1. The first-order valence-electron chi connectivity index (χ1n) is 6.95. The molecule has 0 aliphatic rings. The van der Waals surface area contributed by atoms with Crippen molar-refractivity contribution in [2.24, 2.45) is 5.73 Å². The summed E-state index contributed by atoms with van der Waals surface area (Å²) in [6.45, 7) is 0.319. The van der Waals surface area contributed by atoms with E-state index in [0.29, 0.717) is 17.1 Å². The highest BCUT2D eigenvalue weighted by atomic mass is 35.5. The topological polar surface area (TPSA) is 103 Å². The number of nitrogens with one attached hydrogen (secondary N) is 1. The van der Waals surface area contributed by atoms with E-state index < -0.39 is 6.10 Å². The van der Waals surface area contributed by atoms with Crippen molar-refractivity contribution in [1.29, 1.82) is 0 Å². The summed E-state index contributed by atoms with van der Waals surface area (Å²) in [5, 5.41) is 12.9. The van der Waals surface area contributed by atoms with Gasteiger partial charge in [0.25, 0.3) is 0 Å². The van der Waals surface area contributed by atoms with Gasteiger partial charge >= 0.3 is 0 Å². The van der Waals surface area contributed by atoms with Crippen LogP contribution in [0, 0.1) is 0 Å². The summed E-state index contributed by atoms with van der Waals surface area (Å²) in [7, 11) is 4.55. The van der Waals surface area contributed by atoms with E-state index in [9.17, 15) is 9.90 Å². The molecule has 0 aromatic heterocycles. The standard InChI is InChI=1S/C15H24N2O5.ClH/c1-20-10-4-5-14(22-3)12(6-10)13(18)9-17-15(19)7-11(8-16)21-2;/h4-6,11,13,18H,7-9,16H2,1-3H3,(H,17,19);1H. The molecule has 0 radical (unpaired) electrons. The minimum atomic E-state index is -0.909. The Labute approximate surface area is 142 Å². The fourth-order valence-corrected chi connectivity index (χ4v) is 1.96. The third-order valence-corrected chi connectivity index (χ3v) is 3.30. The van der Waals surface area contributed by atoms with Crippen molar-refractivity contribution in [3.63, 3.8) is 0 Å². The fraction of sp³-hybridized carbons (Fsp3) is 0.533. The normalized spacial score (nSPS) is 12.7. The summed E-state index contributed by atoms with van der Waals surface area (Å²) in [4.78, 5) is 11.8. The number of aliphatic hydroxyl groups is 1. The molecule has 8 heteroatoms. The summed E-state index contributed by atoms with van der Waals surface area (Å²) in [6.07, 6.45) is -1.09. The van der Waals surface area contributed by atoms with Crippen LogP contribution in [0.25, 0.3) is 0 Å². The Kier molecular flexibility index (Phi) is 10.3. The molecule has 1 amide bonds. The molecule has 0 bridgehead atoms. The van der Waals surface area contributed by atoms with Gasteiger partial charge in [-0.2, -0.15) is 0 Å². The minimum Gasteiger partial charge on any atom is -0.497 e. The third-order valence-electron chi connectivity index (χ3n) is 3.30. The Balaban J connectivity index is 0.00000484. The zero-order valence-electron chi connectivity index (χ0n) is 13.6. The van der Waals surface area contributed by atoms with Crippen molar-refractivity contribution in [3.8, 4) is 11.5 Å². The Morgan fingerprint density at radius 2 is 2.00 bits per heavy atom. The number of methoxy groups -OCH3 is 3. The van der Waals surface area contributed by atoms with Crippen LogP contribution in [0.1, 0.15) is 18.1 Å². The van der Waals surface area contributed by atoms with E-state index in [1.165, 1.54) is 21.3 Å². The number of aliphatic hydroxyl groups excluding tert-OH is 1. The van der Waals surface area contributed by atoms with E-state index in [1.807, 2.05) is 0 Å². The average Bonchev–Trinajstić information content (AvgIpc) is 2.56. The molecule has 0 spiro atoms. The number of hydrogen-bond donors (Lipinski definition) is 3. The summed E-state index contributed by atoms with van der Waals surface area (Å²) in [5.74, 6) is 0.890. The summed E-state index contributed by atoms with van der Waals surface area (Å²) >= 11 is 0. The van der Waals surface area contributed by atoms with Crippen LogP contribution in [0.3, 0.4) is 0 Å². The van der Waals surface area contributed by atoms with Crippen LogP contribution in [0.4, 0.5) is 0 Å². The van der Waals surface area contributed by atoms with Gasteiger partial charge in [-0.3, -0.25) is 4.79 Å². The second-order valence-electron chi connectivity index (χ2n) is 4.73. The van der Waals surface area contributed by atoms with Crippen LogP contribution in [0.5, 0.6) is 11.5 Å². The molecule has 0 saturated carbocycles. The van der Waals surface area contributed by atoms with Gasteiger partial charge in [0.05, 0.1) is 32.8 Å². The predicted molar refractivity (Wildman–Crippen MR) is 89.2 cm³/mol. The highest BCUT2D eigenvalue weighted by Gasteiger charge is 2.17. The highest BCUT2D eigenvalue weighted by molar-refractivity contribution is 5.85. The molecule has 2 unspecified atom stereocenters. The lowest BCUT2D eigenvalue weighted by Crippen LogP contribution is -2.34. The molecular formula is C15H25ClN2O5. The molecule has 0 saturated heterocycles. The van der Waals surface area contributed by atoms with Gasteiger partial charge in [0.15, 0.2) is 0 Å². The highest BCUT2D eigenvalue weighted by Crippen LogP contribution is 2.29.